The van der Waals surface area contributed by atoms with Crippen LogP contribution in [0.5, 0.6) is 0 Å². The largest absolute Gasteiger partial charge is 0.352 e. The number of anilines is 1. The van der Waals surface area contributed by atoms with E-state index in [2.05, 4.69) is 26.6 Å². The zero-order valence-electron chi connectivity index (χ0n) is 12.2. The molecule has 2 aromatic rings. The number of halogens is 1. The van der Waals surface area contributed by atoms with Gasteiger partial charge >= 0.3 is 0 Å². The average Bonchev–Trinajstić information content (AvgIpc) is 2.48. The van der Waals surface area contributed by atoms with Crippen LogP contribution >= 0.6 is 15.9 Å². The second kappa shape index (κ2) is 7.75. The van der Waals surface area contributed by atoms with Gasteiger partial charge in [0.1, 0.15) is 0 Å². The lowest BCUT2D eigenvalue weighted by atomic mass is 10.1. The highest BCUT2D eigenvalue weighted by Gasteiger charge is 2.03. The predicted octanol–water partition coefficient (Wildman–Crippen LogP) is 3.27. The predicted molar refractivity (Wildman–Crippen MR) is 90.4 cm³/mol. The Hall–Kier alpha value is -2.14. The number of rotatable bonds is 5. The van der Waals surface area contributed by atoms with Crippen molar-refractivity contribution in [3.63, 3.8) is 0 Å². The van der Waals surface area contributed by atoms with Gasteiger partial charge in [-0.05, 0) is 35.4 Å². The van der Waals surface area contributed by atoms with Crippen molar-refractivity contribution in [2.75, 3.05) is 5.32 Å². The van der Waals surface area contributed by atoms with Gasteiger partial charge in [-0.15, -0.1) is 0 Å². The van der Waals surface area contributed by atoms with Gasteiger partial charge in [-0.2, -0.15) is 0 Å². The second-order valence-electron chi connectivity index (χ2n) is 4.96. The van der Waals surface area contributed by atoms with Crippen LogP contribution in [0.25, 0.3) is 0 Å². The summed E-state index contributed by atoms with van der Waals surface area (Å²) < 4.78 is 0.996. The van der Waals surface area contributed by atoms with Gasteiger partial charge in [-0.1, -0.05) is 40.2 Å². The first kappa shape index (κ1) is 16.2. The quantitative estimate of drug-likeness (QED) is 0.859. The van der Waals surface area contributed by atoms with Gasteiger partial charge in [-0.3, -0.25) is 9.59 Å². The molecule has 2 N–H and O–H groups in total. The van der Waals surface area contributed by atoms with Crippen LogP contribution in [0.1, 0.15) is 18.1 Å². The number of carbonyl (C=O) groups is 2. The van der Waals surface area contributed by atoms with Gasteiger partial charge in [0.05, 0.1) is 6.42 Å². The van der Waals surface area contributed by atoms with Crippen molar-refractivity contribution in [1.82, 2.24) is 5.32 Å². The van der Waals surface area contributed by atoms with Crippen LogP contribution in [0.3, 0.4) is 0 Å². The van der Waals surface area contributed by atoms with E-state index in [4.69, 9.17) is 0 Å². The summed E-state index contributed by atoms with van der Waals surface area (Å²) in [5, 5.41) is 5.59. The van der Waals surface area contributed by atoms with Crippen molar-refractivity contribution in [3.05, 3.63) is 64.1 Å². The lowest BCUT2D eigenvalue weighted by molar-refractivity contribution is -0.120. The standard InChI is InChI=1S/C17H17BrN2O2/c1-12(21)20-16-8-4-14(5-9-16)11-19-17(22)10-13-2-6-15(18)7-3-13/h2-9H,10-11H2,1H3,(H,19,22)(H,20,21). The van der Waals surface area contributed by atoms with Crippen molar-refractivity contribution in [1.29, 1.82) is 0 Å². The van der Waals surface area contributed by atoms with E-state index >= 15 is 0 Å². The fourth-order valence-corrected chi connectivity index (χ4v) is 2.22. The summed E-state index contributed by atoms with van der Waals surface area (Å²) in [6.07, 6.45) is 0.358. The molecule has 0 atom stereocenters. The minimum absolute atomic E-state index is 0.0201. The highest BCUT2D eigenvalue weighted by molar-refractivity contribution is 9.10. The summed E-state index contributed by atoms with van der Waals surface area (Å²) in [5.41, 5.74) is 2.71. The number of benzene rings is 2. The Morgan fingerprint density at radius 1 is 0.955 bits per heavy atom. The van der Waals surface area contributed by atoms with Crippen LogP contribution in [-0.4, -0.2) is 11.8 Å². The van der Waals surface area contributed by atoms with Crippen LogP contribution in [0, 0.1) is 0 Å². The molecule has 4 nitrogen and oxygen atoms in total. The topological polar surface area (TPSA) is 58.2 Å². The summed E-state index contributed by atoms with van der Waals surface area (Å²) in [5.74, 6) is -0.121. The van der Waals surface area contributed by atoms with Crippen LogP contribution in [-0.2, 0) is 22.6 Å². The lowest BCUT2D eigenvalue weighted by Gasteiger charge is -2.07. The van der Waals surface area contributed by atoms with Crippen molar-refractivity contribution in [2.45, 2.75) is 19.9 Å². The average molecular weight is 361 g/mol. The van der Waals surface area contributed by atoms with Crippen LogP contribution in [0.2, 0.25) is 0 Å². The third-order valence-corrected chi connectivity index (χ3v) is 3.57. The number of hydrogen-bond acceptors (Lipinski definition) is 2. The van der Waals surface area contributed by atoms with E-state index < -0.39 is 0 Å². The van der Waals surface area contributed by atoms with E-state index in [0.717, 1.165) is 21.3 Å². The van der Waals surface area contributed by atoms with Gasteiger partial charge in [0.2, 0.25) is 11.8 Å². The molecular formula is C17H17BrN2O2. The maximum Gasteiger partial charge on any atom is 0.224 e. The molecule has 22 heavy (non-hydrogen) atoms. The summed E-state index contributed by atoms with van der Waals surface area (Å²) in [6.45, 7) is 1.94. The molecule has 0 radical (unpaired) electrons. The molecule has 0 fully saturated rings. The van der Waals surface area contributed by atoms with Gasteiger partial charge in [0.15, 0.2) is 0 Å². The Morgan fingerprint density at radius 2 is 1.55 bits per heavy atom. The molecule has 2 rings (SSSR count). The van der Waals surface area contributed by atoms with Crippen molar-refractivity contribution >= 4 is 33.4 Å². The molecule has 0 aliphatic rings. The van der Waals surface area contributed by atoms with Crippen molar-refractivity contribution < 1.29 is 9.59 Å². The first-order valence-electron chi connectivity index (χ1n) is 6.90. The molecule has 0 heterocycles. The normalized spacial score (nSPS) is 10.1. The maximum atomic E-state index is 11.9. The molecule has 114 valence electrons. The Bertz CT molecular complexity index is 651. The summed E-state index contributed by atoms with van der Waals surface area (Å²) in [4.78, 5) is 22.8. The zero-order valence-corrected chi connectivity index (χ0v) is 13.8. The summed E-state index contributed by atoms with van der Waals surface area (Å²) in [7, 11) is 0. The third kappa shape index (κ3) is 5.33. The van der Waals surface area contributed by atoms with E-state index in [9.17, 15) is 9.59 Å². The lowest BCUT2D eigenvalue weighted by Crippen LogP contribution is -2.24. The Balaban J connectivity index is 1.83. The molecule has 0 spiro atoms. The third-order valence-electron chi connectivity index (χ3n) is 3.04. The fraction of sp³-hybridized carbons (Fsp3) is 0.176. The first-order chi connectivity index (χ1) is 10.5. The van der Waals surface area contributed by atoms with Crippen LogP contribution in [0.4, 0.5) is 5.69 Å². The molecule has 0 saturated heterocycles. The number of nitrogens with one attached hydrogen (secondary N) is 2. The van der Waals surface area contributed by atoms with Crippen LogP contribution in [0.15, 0.2) is 53.0 Å². The molecule has 0 saturated carbocycles. The number of carbonyl (C=O) groups excluding carboxylic acids is 2. The van der Waals surface area contributed by atoms with Gasteiger partial charge in [0, 0.05) is 23.6 Å². The molecule has 0 aliphatic heterocycles. The second-order valence-corrected chi connectivity index (χ2v) is 5.87. The van der Waals surface area contributed by atoms with E-state index in [1.54, 1.807) is 0 Å². The fourth-order valence-electron chi connectivity index (χ4n) is 1.96. The van der Waals surface area contributed by atoms with E-state index in [-0.39, 0.29) is 11.8 Å². The van der Waals surface area contributed by atoms with E-state index in [1.807, 2.05) is 48.5 Å². The molecule has 2 amide bonds. The van der Waals surface area contributed by atoms with Crippen molar-refractivity contribution in [2.24, 2.45) is 0 Å². The highest BCUT2D eigenvalue weighted by atomic mass is 79.9. The molecule has 0 unspecified atom stereocenters. The minimum atomic E-state index is -0.101. The molecule has 2 aromatic carbocycles. The van der Waals surface area contributed by atoms with Gasteiger partial charge < -0.3 is 10.6 Å². The minimum Gasteiger partial charge on any atom is -0.352 e. The SMILES string of the molecule is CC(=O)Nc1ccc(CNC(=O)Cc2ccc(Br)cc2)cc1. The van der Waals surface area contributed by atoms with Gasteiger partial charge in [0.25, 0.3) is 0 Å². The maximum absolute atomic E-state index is 11.9. The molecule has 0 aliphatic carbocycles. The smallest absolute Gasteiger partial charge is 0.224 e. The first-order valence-corrected chi connectivity index (χ1v) is 7.70. The summed E-state index contributed by atoms with van der Waals surface area (Å²) in [6, 6.07) is 15.1. The molecule has 5 heteroatoms. The number of hydrogen-bond donors (Lipinski definition) is 2. The molecule has 0 bridgehead atoms. The van der Waals surface area contributed by atoms with Gasteiger partial charge in [-0.25, -0.2) is 0 Å². The zero-order chi connectivity index (χ0) is 15.9. The Labute approximate surface area is 138 Å². The monoisotopic (exact) mass is 360 g/mol. The Morgan fingerprint density at radius 3 is 2.14 bits per heavy atom. The summed E-state index contributed by atoms with van der Waals surface area (Å²) >= 11 is 3.37. The highest BCUT2D eigenvalue weighted by Crippen LogP contribution is 2.11. The van der Waals surface area contributed by atoms with E-state index in [1.165, 1.54) is 6.92 Å². The molecule has 0 aromatic heterocycles. The Kier molecular flexibility index (Phi) is 5.72. The van der Waals surface area contributed by atoms with Crippen molar-refractivity contribution in [3.8, 4) is 0 Å². The molecular weight excluding hydrogens is 344 g/mol. The van der Waals surface area contributed by atoms with Crippen LogP contribution < -0.4 is 10.6 Å². The van der Waals surface area contributed by atoms with E-state index in [0.29, 0.717) is 13.0 Å². The number of amides is 2.